The zero-order valence-corrected chi connectivity index (χ0v) is 15.1. The Morgan fingerprint density at radius 3 is 2.71 bits per heavy atom. The first kappa shape index (κ1) is 15.7. The van der Waals surface area contributed by atoms with Gasteiger partial charge in [0.2, 0.25) is 0 Å². The van der Waals surface area contributed by atoms with Gasteiger partial charge in [-0.1, -0.05) is 37.0 Å². The third-order valence-electron chi connectivity index (χ3n) is 4.62. The molecule has 0 N–H and O–H groups in total. The predicted octanol–water partition coefficient (Wildman–Crippen LogP) is 4.96. The summed E-state index contributed by atoms with van der Waals surface area (Å²) in [4.78, 5) is 11.3. The van der Waals surface area contributed by atoms with Crippen molar-refractivity contribution in [3.05, 3.63) is 47.0 Å². The van der Waals surface area contributed by atoms with Gasteiger partial charge < -0.3 is 9.47 Å². The van der Waals surface area contributed by atoms with Crippen molar-refractivity contribution in [2.45, 2.75) is 20.3 Å². The van der Waals surface area contributed by atoms with E-state index in [1.807, 2.05) is 22.9 Å². The van der Waals surface area contributed by atoms with E-state index in [1.165, 1.54) is 0 Å². The SMILES string of the molecule is CC1(C)CCN(c2cc(-n3ccnc3)c3ccc(Cl)c(Cl)c3n2)C1. The van der Waals surface area contributed by atoms with E-state index in [4.69, 9.17) is 28.2 Å². The minimum Gasteiger partial charge on any atom is -0.356 e. The van der Waals surface area contributed by atoms with E-state index in [2.05, 4.69) is 29.8 Å². The lowest BCUT2D eigenvalue weighted by Crippen LogP contribution is -2.23. The molecule has 4 rings (SSSR count). The third-order valence-corrected chi connectivity index (χ3v) is 5.42. The number of fused-ring (bicyclic) bond motifs is 1. The lowest BCUT2D eigenvalue weighted by Gasteiger charge is -2.22. The molecule has 1 aliphatic heterocycles. The molecule has 1 aromatic carbocycles. The van der Waals surface area contributed by atoms with Crippen LogP contribution < -0.4 is 4.90 Å². The summed E-state index contributed by atoms with van der Waals surface area (Å²) in [5.41, 5.74) is 2.04. The smallest absolute Gasteiger partial charge is 0.131 e. The first-order chi connectivity index (χ1) is 11.4. The van der Waals surface area contributed by atoms with Gasteiger partial charge in [-0.05, 0) is 24.0 Å². The summed E-state index contributed by atoms with van der Waals surface area (Å²) in [5.74, 6) is 0.931. The summed E-state index contributed by atoms with van der Waals surface area (Å²) in [6.45, 7) is 6.55. The predicted molar refractivity (Wildman–Crippen MR) is 99.5 cm³/mol. The van der Waals surface area contributed by atoms with Crippen LogP contribution in [0.3, 0.4) is 0 Å². The van der Waals surface area contributed by atoms with Crippen LogP contribution >= 0.6 is 23.2 Å². The lowest BCUT2D eigenvalue weighted by molar-refractivity contribution is 0.418. The Bertz CT molecular complexity index is 903. The Morgan fingerprint density at radius 1 is 1.21 bits per heavy atom. The van der Waals surface area contributed by atoms with E-state index in [9.17, 15) is 0 Å². The minimum absolute atomic E-state index is 0.296. The van der Waals surface area contributed by atoms with E-state index in [-0.39, 0.29) is 0 Å². The molecular weight excluding hydrogens is 343 g/mol. The van der Waals surface area contributed by atoms with Crippen LogP contribution in [0.5, 0.6) is 0 Å². The van der Waals surface area contributed by atoms with Gasteiger partial charge in [-0.2, -0.15) is 0 Å². The first-order valence-electron chi connectivity index (χ1n) is 7.97. The zero-order chi connectivity index (χ0) is 16.9. The molecule has 1 fully saturated rings. The highest BCUT2D eigenvalue weighted by molar-refractivity contribution is 6.45. The molecule has 124 valence electrons. The number of hydrogen-bond acceptors (Lipinski definition) is 3. The summed E-state index contributed by atoms with van der Waals surface area (Å²) < 4.78 is 1.99. The molecule has 3 aromatic rings. The monoisotopic (exact) mass is 360 g/mol. The molecule has 0 spiro atoms. The fourth-order valence-electron chi connectivity index (χ4n) is 3.29. The van der Waals surface area contributed by atoms with Crippen LogP contribution in [0.1, 0.15) is 20.3 Å². The average Bonchev–Trinajstić information content (AvgIpc) is 3.19. The van der Waals surface area contributed by atoms with Crippen molar-refractivity contribution >= 4 is 39.9 Å². The number of hydrogen-bond donors (Lipinski definition) is 0. The average molecular weight is 361 g/mol. The van der Waals surface area contributed by atoms with Gasteiger partial charge in [-0.3, -0.25) is 0 Å². The van der Waals surface area contributed by atoms with Crippen LogP contribution in [0.2, 0.25) is 10.0 Å². The third kappa shape index (κ3) is 2.64. The molecule has 1 aliphatic rings. The molecule has 24 heavy (non-hydrogen) atoms. The van der Waals surface area contributed by atoms with Crippen molar-refractivity contribution in [3.8, 4) is 5.69 Å². The quantitative estimate of drug-likeness (QED) is 0.647. The van der Waals surface area contributed by atoms with E-state index < -0.39 is 0 Å². The second kappa shape index (κ2) is 5.64. The summed E-state index contributed by atoms with van der Waals surface area (Å²) in [6.07, 6.45) is 6.63. The number of pyridine rings is 1. The van der Waals surface area contributed by atoms with Crippen molar-refractivity contribution in [1.29, 1.82) is 0 Å². The van der Waals surface area contributed by atoms with Crippen LogP contribution in [0, 0.1) is 5.41 Å². The van der Waals surface area contributed by atoms with Gasteiger partial charge in [-0.25, -0.2) is 9.97 Å². The summed E-state index contributed by atoms with van der Waals surface area (Å²) >= 11 is 12.7. The van der Waals surface area contributed by atoms with Crippen molar-refractivity contribution in [3.63, 3.8) is 0 Å². The van der Waals surface area contributed by atoms with E-state index in [0.29, 0.717) is 15.5 Å². The molecule has 3 heterocycles. The normalized spacial score (nSPS) is 16.9. The van der Waals surface area contributed by atoms with Crippen molar-refractivity contribution in [2.24, 2.45) is 5.41 Å². The summed E-state index contributed by atoms with van der Waals surface area (Å²) in [6, 6.07) is 5.88. The Balaban J connectivity index is 1.94. The molecule has 0 saturated carbocycles. The Hall–Kier alpha value is -1.78. The van der Waals surface area contributed by atoms with Crippen LogP contribution in [0.25, 0.3) is 16.6 Å². The van der Waals surface area contributed by atoms with Gasteiger partial charge in [0.25, 0.3) is 0 Å². The highest BCUT2D eigenvalue weighted by atomic mass is 35.5. The number of anilines is 1. The Kier molecular flexibility index (Phi) is 3.70. The van der Waals surface area contributed by atoms with Gasteiger partial charge in [0.05, 0.1) is 27.6 Å². The molecule has 0 unspecified atom stereocenters. The van der Waals surface area contributed by atoms with Crippen molar-refractivity contribution in [1.82, 2.24) is 14.5 Å². The topological polar surface area (TPSA) is 34.0 Å². The number of aromatic nitrogens is 3. The maximum atomic E-state index is 6.46. The molecule has 4 nitrogen and oxygen atoms in total. The number of halogens is 2. The molecule has 0 radical (unpaired) electrons. The Labute approximate surface area is 151 Å². The standard InChI is InChI=1S/C18H18Cl2N4/c1-18(2)5-7-23(10-18)15-9-14(24-8-6-21-11-24)12-3-4-13(19)16(20)17(12)22-15/h3-4,6,8-9,11H,5,7,10H2,1-2H3. The van der Waals surface area contributed by atoms with Gasteiger partial charge >= 0.3 is 0 Å². The summed E-state index contributed by atoms with van der Waals surface area (Å²) in [5, 5.41) is 1.98. The number of rotatable bonds is 2. The highest BCUT2D eigenvalue weighted by Crippen LogP contribution is 2.37. The van der Waals surface area contributed by atoms with Crippen molar-refractivity contribution < 1.29 is 0 Å². The van der Waals surface area contributed by atoms with Gasteiger partial charge in [-0.15, -0.1) is 0 Å². The Morgan fingerprint density at radius 2 is 2.04 bits per heavy atom. The van der Waals surface area contributed by atoms with Gasteiger partial charge in [0.15, 0.2) is 0 Å². The molecular formula is C18H18Cl2N4. The molecule has 6 heteroatoms. The molecule has 1 saturated heterocycles. The molecule has 0 bridgehead atoms. The zero-order valence-electron chi connectivity index (χ0n) is 13.6. The van der Waals surface area contributed by atoms with E-state index in [1.54, 1.807) is 12.5 Å². The van der Waals surface area contributed by atoms with Crippen molar-refractivity contribution in [2.75, 3.05) is 18.0 Å². The fourth-order valence-corrected chi connectivity index (χ4v) is 3.65. The number of nitrogens with zero attached hydrogens (tertiary/aromatic N) is 4. The fraction of sp³-hybridized carbons (Fsp3) is 0.333. The largest absolute Gasteiger partial charge is 0.356 e. The van der Waals surface area contributed by atoms with Gasteiger partial charge in [0.1, 0.15) is 5.82 Å². The molecule has 2 aromatic heterocycles. The van der Waals surface area contributed by atoms with E-state index >= 15 is 0 Å². The van der Waals surface area contributed by atoms with Gasteiger partial charge in [0, 0.05) is 36.9 Å². The lowest BCUT2D eigenvalue weighted by atomic mass is 9.93. The van der Waals surface area contributed by atoms with E-state index in [0.717, 1.165) is 41.9 Å². The van der Waals surface area contributed by atoms with Crippen LogP contribution in [0.4, 0.5) is 5.82 Å². The maximum absolute atomic E-state index is 6.46. The van der Waals surface area contributed by atoms with Crippen LogP contribution in [0.15, 0.2) is 36.9 Å². The van der Waals surface area contributed by atoms with Crippen LogP contribution in [-0.2, 0) is 0 Å². The molecule has 0 atom stereocenters. The first-order valence-corrected chi connectivity index (χ1v) is 8.72. The molecule has 0 amide bonds. The number of imidazole rings is 1. The number of benzene rings is 1. The second-order valence-corrected chi connectivity index (χ2v) is 7.85. The minimum atomic E-state index is 0.296. The maximum Gasteiger partial charge on any atom is 0.131 e. The highest BCUT2D eigenvalue weighted by Gasteiger charge is 2.30. The second-order valence-electron chi connectivity index (χ2n) is 7.06. The summed E-state index contributed by atoms with van der Waals surface area (Å²) in [7, 11) is 0. The molecule has 0 aliphatic carbocycles. The van der Waals surface area contributed by atoms with Crippen LogP contribution in [-0.4, -0.2) is 27.6 Å².